The van der Waals surface area contributed by atoms with Crippen molar-refractivity contribution in [2.24, 2.45) is 11.8 Å². The molecule has 0 fully saturated rings. The van der Waals surface area contributed by atoms with Crippen LogP contribution in [0.4, 0.5) is 0 Å². The first-order valence-electron chi connectivity index (χ1n) is 7.79. The molecule has 0 saturated heterocycles. The number of rotatable bonds is 4. The molecule has 0 atom stereocenters. The van der Waals surface area contributed by atoms with E-state index in [0.717, 1.165) is 12.3 Å². The number of hydrogen-bond acceptors (Lipinski definition) is 1. The minimum atomic E-state index is 0.364. The lowest BCUT2D eigenvalue weighted by atomic mass is 10.0. The van der Waals surface area contributed by atoms with Crippen molar-refractivity contribution in [2.45, 2.75) is 40.5 Å². The van der Waals surface area contributed by atoms with E-state index in [0.29, 0.717) is 11.7 Å². The Hall–Kier alpha value is -1.76. The Labute approximate surface area is 129 Å². The maximum absolute atomic E-state index is 9.13. The summed E-state index contributed by atoms with van der Waals surface area (Å²) in [7, 11) is 0. The fourth-order valence-corrected chi connectivity index (χ4v) is 2.24. The zero-order chi connectivity index (χ0) is 15.7. The van der Waals surface area contributed by atoms with Gasteiger partial charge in [0.2, 0.25) is 0 Å². The molecule has 114 valence electrons. The van der Waals surface area contributed by atoms with Crippen LogP contribution in [-0.2, 0) is 12.8 Å². The second-order valence-corrected chi connectivity index (χ2v) is 6.35. The normalized spacial score (nSPS) is 10.4. The summed E-state index contributed by atoms with van der Waals surface area (Å²) in [5.74, 6) is 1.78. The minimum absolute atomic E-state index is 0.364. The third-order valence-corrected chi connectivity index (χ3v) is 3.04. The van der Waals surface area contributed by atoms with Gasteiger partial charge in [-0.15, -0.1) is 0 Å². The molecule has 0 aromatic heterocycles. The molecule has 21 heavy (non-hydrogen) atoms. The van der Waals surface area contributed by atoms with E-state index in [1.807, 2.05) is 18.2 Å². The molecule has 2 aromatic carbocycles. The molecule has 0 aliphatic heterocycles. The van der Waals surface area contributed by atoms with E-state index in [1.165, 1.54) is 17.5 Å². The predicted octanol–water partition coefficient (Wildman–Crippen LogP) is 5.48. The van der Waals surface area contributed by atoms with Gasteiger partial charge in [-0.1, -0.05) is 70.2 Å². The first kappa shape index (κ1) is 17.3. The molecule has 0 unspecified atom stereocenters. The Morgan fingerprint density at radius 1 is 0.714 bits per heavy atom. The molecule has 1 heteroatoms. The van der Waals surface area contributed by atoms with Crippen LogP contribution < -0.4 is 0 Å². The Morgan fingerprint density at radius 2 is 1.24 bits per heavy atom. The third kappa shape index (κ3) is 8.19. The summed E-state index contributed by atoms with van der Waals surface area (Å²) in [5.41, 5.74) is 2.65. The van der Waals surface area contributed by atoms with E-state index < -0.39 is 0 Å². The minimum Gasteiger partial charge on any atom is -0.508 e. The van der Waals surface area contributed by atoms with Gasteiger partial charge in [0, 0.05) is 0 Å². The van der Waals surface area contributed by atoms with Crippen molar-refractivity contribution in [3.8, 4) is 5.75 Å². The predicted molar refractivity (Wildman–Crippen MR) is 91.6 cm³/mol. The van der Waals surface area contributed by atoms with Crippen molar-refractivity contribution in [1.82, 2.24) is 0 Å². The van der Waals surface area contributed by atoms with Crippen LogP contribution in [0, 0.1) is 11.8 Å². The Balaban J connectivity index is 0.000000211. The van der Waals surface area contributed by atoms with Gasteiger partial charge in [0.25, 0.3) is 0 Å². The quantitative estimate of drug-likeness (QED) is 0.788. The Kier molecular flexibility index (Phi) is 7.60. The van der Waals surface area contributed by atoms with Crippen molar-refractivity contribution in [2.75, 3.05) is 0 Å². The van der Waals surface area contributed by atoms with E-state index in [2.05, 4.69) is 58.0 Å². The van der Waals surface area contributed by atoms with E-state index in [1.54, 1.807) is 6.07 Å². The van der Waals surface area contributed by atoms with E-state index in [9.17, 15) is 0 Å². The molecule has 0 spiro atoms. The summed E-state index contributed by atoms with van der Waals surface area (Å²) in [6.07, 6.45) is 2.23. The molecule has 0 radical (unpaired) electrons. The molecule has 0 heterocycles. The van der Waals surface area contributed by atoms with Crippen molar-refractivity contribution in [3.05, 3.63) is 65.7 Å². The number of phenols is 1. The highest BCUT2D eigenvalue weighted by Gasteiger charge is 1.97. The standard InChI is InChI=1S/C10H14O.C10H14/c1-8(2)6-9-4-3-5-10(11)7-9;1-9(2)8-10-6-4-3-5-7-10/h3-5,7-8,11H,6H2,1-2H3;3-7,9H,8H2,1-2H3. The zero-order valence-corrected chi connectivity index (χ0v) is 13.7. The lowest BCUT2D eigenvalue weighted by molar-refractivity contribution is 0.474. The van der Waals surface area contributed by atoms with Gasteiger partial charge in [-0.25, -0.2) is 0 Å². The highest BCUT2D eigenvalue weighted by atomic mass is 16.3. The summed E-state index contributed by atoms with van der Waals surface area (Å²) in [6, 6.07) is 18.1. The van der Waals surface area contributed by atoms with E-state index in [-0.39, 0.29) is 0 Å². The number of phenolic OH excluding ortho intramolecular Hbond substituents is 1. The number of aromatic hydroxyl groups is 1. The Morgan fingerprint density at radius 3 is 1.76 bits per heavy atom. The fraction of sp³-hybridized carbons (Fsp3) is 0.400. The monoisotopic (exact) mass is 284 g/mol. The highest BCUT2D eigenvalue weighted by molar-refractivity contribution is 5.27. The van der Waals surface area contributed by atoms with Crippen LogP contribution in [0.2, 0.25) is 0 Å². The van der Waals surface area contributed by atoms with Crippen molar-refractivity contribution in [1.29, 1.82) is 0 Å². The molecule has 0 amide bonds. The van der Waals surface area contributed by atoms with Gasteiger partial charge in [0.1, 0.15) is 5.75 Å². The number of benzene rings is 2. The molecule has 0 saturated carbocycles. The molecule has 0 bridgehead atoms. The SMILES string of the molecule is CC(C)Cc1cccc(O)c1.CC(C)Cc1ccccc1. The molecule has 0 aliphatic carbocycles. The van der Waals surface area contributed by atoms with Crippen molar-refractivity contribution in [3.63, 3.8) is 0 Å². The van der Waals surface area contributed by atoms with E-state index >= 15 is 0 Å². The van der Waals surface area contributed by atoms with Gasteiger partial charge in [0.05, 0.1) is 0 Å². The van der Waals surface area contributed by atoms with Crippen LogP contribution in [0.15, 0.2) is 54.6 Å². The maximum Gasteiger partial charge on any atom is 0.115 e. The molecule has 1 N–H and O–H groups in total. The lowest BCUT2D eigenvalue weighted by Gasteiger charge is -2.04. The molecule has 2 aromatic rings. The van der Waals surface area contributed by atoms with Crippen molar-refractivity contribution < 1.29 is 5.11 Å². The van der Waals surface area contributed by atoms with Crippen LogP contribution in [0.25, 0.3) is 0 Å². The molecule has 0 aliphatic rings. The van der Waals surface area contributed by atoms with E-state index in [4.69, 9.17) is 5.11 Å². The first-order valence-corrected chi connectivity index (χ1v) is 7.79. The van der Waals surface area contributed by atoms with Gasteiger partial charge in [-0.3, -0.25) is 0 Å². The summed E-state index contributed by atoms with van der Waals surface area (Å²) in [6.45, 7) is 8.83. The number of hydrogen-bond donors (Lipinski definition) is 1. The average Bonchev–Trinajstić information content (AvgIpc) is 2.39. The van der Waals surface area contributed by atoms with Gasteiger partial charge in [0.15, 0.2) is 0 Å². The molecule has 2 rings (SSSR count). The van der Waals surface area contributed by atoms with Gasteiger partial charge in [-0.2, -0.15) is 0 Å². The van der Waals surface area contributed by atoms with Crippen LogP contribution in [0.5, 0.6) is 5.75 Å². The smallest absolute Gasteiger partial charge is 0.115 e. The topological polar surface area (TPSA) is 20.2 Å². The highest BCUT2D eigenvalue weighted by Crippen LogP contribution is 2.14. The third-order valence-electron chi connectivity index (χ3n) is 3.04. The average molecular weight is 284 g/mol. The van der Waals surface area contributed by atoms with Crippen LogP contribution in [0.1, 0.15) is 38.8 Å². The lowest BCUT2D eigenvalue weighted by Crippen LogP contribution is -1.92. The first-order chi connectivity index (χ1) is 9.97. The largest absolute Gasteiger partial charge is 0.508 e. The summed E-state index contributed by atoms with van der Waals surface area (Å²) < 4.78 is 0. The second kappa shape index (κ2) is 9.23. The van der Waals surface area contributed by atoms with Crippen molar-refractivity contribution >= 4 is 0 Å². The van der Waals surface area contributed by atoms with Crippen LogP contribution in [-0.4, -0.2) is 5.11 Å². The zero-order valence-electron chi connectivity index (χ0n) is 13.7. The molecular formula is C20H28O. The second-order valence-electron chi connectivity index (χ2n) is 6.35. The summed E-state index contributed by atoms with van der Waals surface area (Å²) >= 11 is 0. The van der Waals surface area contributed by atoms with Gasteiger partial charge < -0.3 is 5.11 Å². The fourth-order valence-electron chi connectivity index (χ4n) is 2.24. The maximum atomic E-state index is 9.13. The molecule has 1 nitrogen and oxygen atoms in total. The summed E-state index contributed by atoms with van der Waals surface area (Å²) in [5, 5.41) is 9.13. The van der Waals surface area contributed by atoms with Gasteiger partial charge >= 0.3 is 0 Å². The van der Waals surface area contributed by atoms with Crippen LogP contribution >= 0.6 is 0 Å². The summed E-state index contributed by atoms with van der Waals surface area (Å²) in [4.78, 5) is 0. The Bertz CT molecular complexity index is 500. The molecular weight excluding hydrogens is 256 g/mol. The van der Waals surface area contributed by atoms with Gasteiger partial charge in [-0.05, 0) is 47.9 Å². The van der Waals surface area contributed by atoms with Crippen LogP contribution in [0.3, 0.4) is 0 Å².